The first-order valence-electron chi connectivity index (χ1n) is 7.46. The summed E-state index contributed by atoms with van der Waals surface area (Å²) in [6.45, 7) is 6.50. The van der Waals surface area contributed by atoms with Crippen molar-refractivity contribution in [2.24, 2.45) is 0 Å². The zero-order valence-electron chi connectivity index (χ0n) is 11.8. The predicted molar refractivity (Wildman–Crippen MR) is 73.8 cm³/mol. The van der Waals surface area contributed by atoms with E-state index in [1.165, 1.54) is 38.5 Å². The molecule has 18 heavy (non-hydrogen) atoms. The molecule has 1 fully saturated rings. The molecule has 102 valence electrons. The van der Waals surface area contributed by atoms with Crippen LogP contribution in [0.25, 0.3) is 0 Å². The van der Waals surface area contributed by atoms with Gasteiger partial charge in [0.2, 0.25) is 0 Å². The Hall–Kier alpha value is -0.830. The summed E-state index contributed by atoms with van der Waals surface area (Å²) in [5.41, 5.74) is 0.294. The van der Waals surface area contributed by atoms with Crippen molar-refractivity contribution < 1.29 is 4.42 Å². The van der Waals surface area contributed by atoms with Crippen molar-refractivity contribution in [3.8, 4) is 0 Å². The van der Waals surface area contributed by atoms with E-state index in [-0.39, 0.29) is 0 Å². The molecule has 0 bridgehead atoms. The Kier molecular flexibility index (Phi) is 4.81. The van der Waals surface area contributed by atoms with Gasteiger partial charge in [0.15, 0.2) is 5.89 Å². The Morgan fingerprint density at radius 3 is 2.72 bits per heavy atom. The minimum Gasteiger partial charge on any atom is -0.445 e. The second-order valence-corrected chi connectivity index (χ2v) is 5.46. The minimum atomic E-state index is 0.294. The minimum absolute atomic E-state index is 0.294. The molecule has 1 heterocycles. The number of nitrogens with zero attached hydrogens (tertiary/aromatic N) is 1. The highest BCUT2D eigenvalue weighted by molar-refractivity contribution is 5.13. The van der Waals surface area contributed by atoms with Gasteiger partial charge in [0.05, 0.1) is 6.20 Å². The van der Waals surface area contributed by atoms with Crippen molar-refractivity contribution in [3.05, 3.63) is 17.8 Å². The lowest BCUT2D eigenvalue weighted by Gasteiger charge is -2.23. The molecule has 3 heteroatoms. The average Bonchev–Trinajstić information content (AvgIpc) is 3.04. The van der Waals surface area contributed by atoms with Crippen LogP contribution in [-0.4, -0.2) is 18.1 Å². The summed E-state index contributed by atoms with van der Waals surface area (Å²) in [5, 5.41) is 3.39. The average molecular weight is 250 g/mol. The zero-order chi connectivity index (χ0) is 12.8. The molecule has 2 rings (SSSR count). The maximum absolute atomic E-state index is 5.99. The lowest BCUT2D eigenvalue weighted by molar-refractivity contribution is 0.316. The van der Waals surface area contributed by atoms with E-state index >= 15 is 0 Å². The highest BCUT2D eigenvalue weighted by atomic mass is 16.4. The number of hydrogen-bond donors (Lipinski definition) is 1. The molecule has 0 aromatic carbocycles. The SMILES string of the molecule is CCCNCCc1ncc(C2(CC)CCCC2)o1. The Morgan fingerprint density at radius 1 is 1.28 bits per heavy atom. The molecule has 1 aliphatic carbocycles. The van der Waals surface area contributed by atoms with Gasteiger partial charge in [-0.15, -0.1) is 0 Å². The van der Waals surface area contributed by atoms with Crippen molar-refractivity contribution >= 4 is 0 Å². The van der Waals surface area contributed by atoms with Crippen LogP contribution < -0.4 is 5.32 Å². The molecule has 0 spiro atoms. The molecular weight excluding hydrogens is 224 g/mol. The normalized spacial score (nSPS) is 18.3. The van der Waals surface area contributed by atoms with Crippen LogP contribution in [0.1, 0.15) is 64.0 Å². The second-order valence-electron chi connectivity index (χ2n) is 5.46. The molecule has 1 aromatic heterocycles. The highest BCUT2D eigenvalue weighted by Crippen LogP contribution is 2.43. The van der Waals surface area contributed by atoms with Crippen LogP contribution in [0.4, 0.5) is 0 Å². The topological polar surface area (TPSA) is 38.1 Å². The van der Waals surface area contributed by atoms with Gasteiger partial charge in [0, 0.05) is 18.4 Å². The summed E-state index contributed by atoms with van der Waals surface area (Å²) in [7, 11) is 0. The molecule has 0 amide bonds. The second kappa shape index (κ2) is 6.37. The van der Waals surface area contributed by atoms with Gasteiger partial charge in [-0.2, -0.15) is 0 Å². The van der Waals surface area contributed by atoms with E-state index < -0.39 is 0 Å². The zero-order valence-corrected chi connectivity index (χ0v) is 11.8. The highest BCUT2D eigenvalue weighted by Gasteiger charge is 2.37. The van der Waals surface area contributed by atoms with E-state index in [1.807, 2.05) is 6.20 Å². The van der Waals surface area contributed by atoms with Gasteiger partial charge in [-0.05, 0) is 32.2 Å². The van der Waals surface area contributed by atoms with E-state index in [9.17, 15) is 0 Å². The van der Waals surface area contributed by atoms with Crippen LogP contribution in [0.2, 0.25) is 0 Å². The third kappa shape index (κ3) is 2.94. The van der Waals surface area contributed by atoms with Crippen LogP contribution >= 0.6 is 0 Å². The number of rotatable bonds is 7. The molecule has 1 N–H and O–H groups in total. The summed E-state index contributed by atoms with van der Waals surface area (Å²) in [5.74, 6) is 2.03. The van der Waals surface area contributed by atoms with Gasteiger partial charge in [-0.25, -0.2) is 4.98 Å². The third-order valence-corrected chi connectivity index (χ3v) is 4.26. The maximum atomic E-state index is 5.99. The monoisotopic (exact) mass is 250 g/mol. The van der Waals surface area contributed by atoms with Gasteiger partial charge >= 0.3 is 0 Å². The smallest absolute Gasteiger partial charge is 0.195 e. The van der Waals surface area contributed by atoms with Crippen LogP contribution in [-0.2, 0) is 11.8 Å². The molecular formula is C15H26N2O. The third-order valence-electron chi connectivity index (χ3n) is 4.26. The van der Waals surface area contributed by atoms with Crippen molar-refractivity contribution in [3.63, 3.8) is 0 Å². The fourth-order valence-electron chi connectivity index (χ4n) is 2.99. The molecule has 1 saturated carbocycles. The lowest BCUT2D eigenvalue weighted by Crippen LogP contribution is -2.20. The van der Waals surface area contributed by atoms with Crippen LogP contribution in [0.5, 0.6) is 0 Å². The molecule has 1 aromatic rings. The summed E-state index contributed by atoms with van der Waals surface area (Å²) >= 11 is 0. The molecule has 0 radical (unpaired) electrons. The van der Waals surface area contributed by atoms with Gasteiger partial charge in [0.25, 0.3) is 0 Å². The van der Waals surface area contributed by atoms with Gasteiger partial charge in [0.1, 0.15) is 5.76 Å². The summed E-state index contributed by atoms with van der Waals surface area (Å²) in [6, 6.07) is 0. The first-order valence-corrected chi connectivity index (χ1v) is 7.46. The molecule has 0 unspecified atom stereocenters. The Morgan fingerprint density at radius 2 is 2.06 bits per heavy atom. The van der Waals surface area contributed by atoms with E-state index in [1.54, 1.807) is 0 Å². The van der Waals surface area contributed by atoms with Crippen molar-refractivity contribution in [2.75, 3.05) is 13.1 Å². The standard InChI is InChI=1S/C15H26N2O/c1-3-10-16-11-7-14-17-12-13(18-14)15(4-2)8-5-6-9-15/h12,16H,3-11H2,1-2H3. The lowest BCUT2D eigenvalue weighted by atomic mass is 9.81. The summed E-state index contributed by atoms with van der Waals surface area (Å²) < 4.78 is 5.99. The fourth-order valence-corrected chi connectivity index (χ4v) is 2.99. The molecule has 3 nitrogen and oxygen atoms in total. The number of aromatic nitrogens is 1. The Balaban J connectivity index is 1.92. The van der Waals surface area contributed by atoms with E-state index in [0.717, 1.165) is 31.2 Å². The van der Waals surface area contributed by atoms with Crippen LogP contribution in [0, 0.1) is 0 Å². The first kappa shape index (κ1) is 13.6. The number of oxazole rings is 1. The van der Waals surface area contributed by atoms with E-state index in [0.29, 0.717) is 5.41 Å². The van der Waals surface area contributed by atoms with E-state index in [4.69, 9.17) is 4.42 Å². The van der Waals surface area contributed by atoms with Crippen molar-refractivity contribution in [2.45, 2.75) is 64.2 Å². The van der Waals surface area contributed by atoms with E-state index in [2.05, 4.69) is 24.1 Å². The van der Waals surface area contributed by atoms with Crippen LogP contribution in [0.3, 0.4) is 0 Å². The predicted octanol–water partition coefficient (Wildman–Crippen LogP) is 3.44. The van der Waals surface area contributed by atoms with Gasteiger partial charge in [-0.3, -0.25) is 0 Å². The molecule has 0 saturated heterocycles. The Labute approximate surface area is 110 Å². The number of hydrogen-bond acceptors (Lipinski definition) is 3. The Bertz CT molecular complexity index is 353. The largest absolute Gasteiger partial charge is 0.445 e. The van der Waals surface area contributed by atoms with Crippen LogP contribution in [0.15, 0.2) is 10.6 Å². The fraction of sp³-hybridized carbons (Fsp3) is 0.800. The first-order chi connectivity index (χ1) is 8.80. The van der Waals surface area contributed by atoms with Gasteiger partial charge in [-0.1, -0.05) is 26.7 Å². The van der Waals surface area contributed by atoms with Crippen molar-refractivity contribution in [1.29, 1.82) is 0 Å². The molecule has 1 aliphatic rings. The van der Waals surface area contributed by atoms with Gasteiger partial charge < -0.3 is 9.73 Å². The summed E-state index contributed by atoms with van der Waals surface area (Å²) in [4.78, 5) is 4.44. The summed E-state index contributed by atoms with van der Waals surface area (Å²) in [6.07, 6.45) is 10.4. The quantitative estimate of drug-likeness (QED) is 0.753. The molecule has 0 aliphatic heterocycles. The maximum Gasteiger partial charge on any atom is 0.195 e. The van der Waals surface area contributed by atoms with Crippen molar-refractivity contribution in [1.82, 2.24) is 10.3 Å². The molecule has 0 atom stereocenters. The number of nitrogens with one attached hydrogen (secondary N) is 1.